The van der Waals surface area contributed by atoms with Crippen molar-refractivity contribution in [1.82, 2.24) is 10.6 Å². The van der Waals surface area contributed by atoms with Crippen molar-refractivity contribution in [2.45, 2.75) is 17.4 Å². The van der Waals surface area contributed by atoms with E-state index in [0.717, 1.165) is 5.56 Å². The van der Waals surface area contributed by atoms with E-state index in [4.69, 9.17) is 4.74 Å². The van der Waals surface area contributed by atoms with Gasteiger partial charge in [0.25, 0.3) is 15.9 Å². The summed E-state index contributed by atoms with van der Waals surface area (Å²) in [6.45, 7) is 0.298. The largest absolute Gasteiger partial charge is 0.444 e. The monoisotopic (exact) mass is 493 g/mol. The van der Waals surface area contributed by atoms with Crippen LogP contribution in [0.1, 0.15) is 27.6 Å². The number of hydrogen-bond acceptors (Lipinski definition) is 6. The molecule has 0 unspecified atom stereocenters. The molecule has 1 heterocycles. The molecule has 0 spiro atoms. The number of nitrogens with zero attached hydrogens (tertiary/aromatic N) is 1. The second-order valence-electron chi connectivity index (χ2n) is 7.75. The molecule has 4 rings (SSSR count). The van der Waals surface area contributed by atoms with Gasteiger partial charge < -0.3 is 10.1 Å². The first-order chi connectivity index (χ1) is 16.8. The fraction of sp³-hybridized carbons (Fsp3) is 0.160. The zero-order valence-corrected chi connectivity index (χ0v) is 19.6. The van der Waals surface area contributed by atoms with Crippen molar-refractivity contribution < 1.29 is 27.5 Å². The van der Waals surface area contributed by atoms with E-state index in [1.165, 1.54) is 35.6 Å². The molecule has 2 N–H and O–H groups in total. The molecule has 0 bridgehead atoms. The number of para-hydroxylation sites is 1. The lowest BCUT2D eigenvalue weighted by Gasteiger charge is -2.20. The van der Waals surface area contributed by atoms with E-state index in [-0.39, 0.29) is 10.5 Å². The van der Waals surface area contributed by atoms with E-state index in [1.807, 2.05) is 12.1 Å². The average Bonchev–Trinajstić information content (AvgIpc) is 3.32. The lowest BCUT2D eigenvalue weighted by molar-refractivity contribution is -0.129. The highest BCUT2D eigenvalue weighted by molar-refractivity contribution is 7.92. The first kappa shape index (κ1) is 24.0. The van der Waals surface area contributed by atoms with Crippen molar-refractivity contribution in [1.29, 1.82) is 0 Å². The molecule has 10 heteroatoms. The Morgan fingerprint density at radius 2 is 1.66 bits per heavy atom. The number of ether oxygens (including phenoxy) is 1. The highest BCUT2D eigenvalue weighted by Crippen LogP contribution is 2.33. The molecule has 180 valence electrons. The van der Waals surface area contributed by atoms with Crippen LogP contribution in [0.2, 0.25) is 0 Å². The average molecular weight is 494 g/mol. The molecular formula is C25H23N3O6S. The maximum absolute atomic E-state index is 13.3. The highest BCUT2D eigenvalue weighted by Gasteiger charge is 2.32. The summed E-state index contributed by atoms with van der Waals surface area (Å²) < 4.78 is 33.4. The molecule has 0 aromatic heterocycles. The molecule has 1 aliphatic heterocycles. The summed E-state index contributed by atoms with van der Waals surface area (Å²) in [4.78, 5) is 37.2. The van der Waals surface area contributed by atoms with Gasteiger partial charge >= 0.3 is 12.0 Å². The van der Waals surface area contributed by atoms with E-state index in [9.17, 15) is 22.8 Å². The number of urea groups is 1. The maximum Gasteiger partial charge on any atom is 0.339 e. The van der Waals surface area contributed by atoms with Gasteiger partial charge in [-0.25, -0.2) is 18.0 Å². The number of carbonyl (C=O) groups excluding carboxylic acids is 3. The van der Waals surface area contributed by atoms with Crippen LogP contribution in [0.5, 0.6) is 0 Å². The number of imide groups is 1. The van der Waals surface area contributed by atoms with Gasteiger partial charge in [-0.1, -0.05) is 54.6 Å². The zero-order chi connectivity index (χ0) is 25.0. The first-order valence-electron chi connectivity index (χ1n) is 10.8. The molecule has 1 aliphatic rings. The van der Waals surface area contributed by atoms with Crippen LogP contribution >= 0.6 is 0 Å². The normalized spacial score (nSPS) is 13.5. The van der Waals surface area contributed by atoms with E-state index < -0.39 is 34.0 Å². The van der Waals surface area contributed by atoms with Crippen molar-refractivity contribution in [3.05, 3.63) is 95.6 Å². The third-order valence-corrected chi connectivity index (χ3v) is 7.34. The number of nitrogens with one attached hydrogen (secondary N) is 2. The lowest BCUT2D eigenvalue weighted by Crippen LogP contribution is -2.41. The van der Waals surface area contributed by atoms with Gasteiger partial charge in [-0.05, 0) is 36.2 Å². The number of benzene rings is 3. The summed E-state index contributed by atoms with van der Waals surface area (Å²) in [7, 11) is -2.59. The molecule has 3 amide bonds. The summed E-state index contributed by atoms with van der Waals surface area (Å²) in [6.07, 6.45) is -0.831. The Hall–Kier alpha value is -4.18. The number of anilines is 1. The van der Waals surface area contributed by atoms with E-state index >= 15 is 0 Å². The predicted octanol–water partition coefficient (Wildman–Crippen LogP) is 2.79. The molecule has 0 saturated heterocycles. The molecule has 9 nitrogen and oxygen atoms in total. The summed E-state index contributed by atoms with van der Waals surface area (Å²) >= 11 is 0. The van der Waals surface area contributed by atoms with Crippen LogP contribution in [-0.4, -0.2) is 39.9 Å². The molecule has 3 aromatic rings. The standard InChI is InChI=1S/C25H23N3O6S/c1-26-25(31)27-23(29)22(18-9-3-2-4-10-18)34-24(30)19-11-7-12-20(16-19)35(32,33)28-15-14-17-8-5-6-13-21(17)28/h2-13,16,22H,14-15H2,1H3,(H2,26,27,29,31)/t22-/m0/s1. The van der Waals surface area contributed by atoms with Gasteiger partial charge in [0.15, 0.2) is 0 Å². The van der Waals surface area contributed by atoms with Crippen LogP contribution in [0.25, 0.3) is 0 Å². The Morgan fingerprint density at radius 1 is 0.943 bits per heavy atom. The van der Waals surface area contributed by atoms with E-state index in [0.29, 0.717) is 24.2 Å². The second kappa shape index (κ2) is 9.98. The molecule has 3 aromatic carbocycles. The molecule has 1 atom stereocenters. The van der Waals surface area contributed by atoms with E-state index in [1.54, 1.807) is 42.5 Å². The van der Waals surface area contributed by atoms with E-state index in [2.05, 4.69) is 10.6 Å². The van der Waals surface area contributed by atoms with Crippen molar-refractivity contribution in [3.63, 3.8) is 0 Å². The van der Waals surface area contributed by atoms with Crippen LogP contribution in [0.3, 0.4) is 0 Å². The SMILES string of the molecule is CNC(=O)NC(=O)[C@@H](OC(=O)c1cccc(S(=O)(=O)N2CCc3ccccc32)c1)c1ccccc1. The van der Waals surface area contributed by atoms with Gasteiger partial charge in [-0.2, -0.15) is 0 Å². The van der Waals surface area contributed by atoms with Crippen LogP contribution in [0, 0.1) is 0 Å². The maximum atomic E-state index is 13.3. The minimum Gasteiger partial charge on any atom is -0.444 e. The number of sulfonamides is 1. The molecule has 0 aliphatic carbocycles. The van der Waals surface area contributed by atoms with Gasteiger partial charge in [-0.15, -0.1) is 0 Å². The highest BCUT2D eigenvalue weighted by atomic mass is 32.2. The molecular weight excluding hydrogens is 470 g/mol. The Labute approximate surface area is 202 Å². The van der Waals surface area contributed by atoms with Gasteiger partial charge in [0.2, 0.25) is 6.10 Å². The molecule has 0 radical (unpaired) electrons. The van der Waals surface area contributed by atoms with Crippen LogP contribution in [-0.2, 0) is 26.0 Å². The number of fused-ring (bicyclic) bond motifs is 1. The first-order valence-corrected chi connectivity index (χ1v) is 12.2. The fourth-order valence-corrected chi connectivity index (χ4v) is 5.33. The summed E-state index contributed by atoms with van der Waals surface area (Å²) in [5.41, 5.74) is 1.84. The van der Waals surface area contributed by atoms with Gasteiger partial charge in [0.1, 0.15) is 0 Å². The summed E-state index contributed by atoms with van der Waals surface area (Å²) in [5.74, 6) is -1.76. The number of rotatable bonds is 6. The Kier molecular flexibility index (Phi) is 6.83. The Morgan fingerprint density at radius 3 is 2.40 bits per heavy atom. The zero-order valence-electron chi connectivity index (χ0n) is 18.8. The van der Waals surface area contributed by atoms with Crippen LogP contribution < -0.4 is 14.9 Å². The second-order valence-corrected chi connectivity index (χ2v) is 9.61. The number of hydrogen-bond donors (Lipinski definition) is 2. The quantitative estimate of drug-likeness (QED) is 0.510. The van der Waals surface area contributed by atoms with Crippen molar-refractivity contribution in [3.8, 4) is 0 Å². The number of amides is 3. The van der Waals surface area contributed by atoms with Crippen LogP contribution in [0.15, 0.2) is 83.8 Å². The molecule has 0 saturated carbocycles. The lowest BCUT2D eigenvalue weighted by atomic mass is 10.1. The van der Waals surface area contributed by atoms with Gasteiger partial charge in [0.05, 0.1) is 16.1 Å². The topological polar surface area (TPSA) is 122 Å². The minimum absolute atomic E-state index is 0.0489. The summed E-state index contributed by atoms with van der Waals surface area (Å²) in [5, 5.41) is 4.36. The van der Waals surface area contributed by atoms with Crippen molar-refractivity contribution in [2.24, 2.45) is 0 Å². The Balaban J connectivity index is 1.60. The number of esters is 1. The predicted molar refractivity (Wildman–Crippen MR) is 128 cm³/mol. The fourth-order valence-electron chi connectivity index (χ4n) is 3.78. The van der Waals surface area contributed by atoms with Crippen molar-refractivity contribution >= 4 is 33.6 Å². The Bertz CT molecular complexity index is 1370. The minimum atomic E-state index is -3.93. The molecule has 0 fully saturated rings. The third-order valence-electron chi connectivity index (χ3n) is 5.53. The summed E-state index contributed by atoms with van der Waals surface area (Å²) in [6, 6.07) is 20.1. The number of carbonyl (C=O) groups is 3. The van der Waals surface area contributed by atoms with Crippen LogP contribution in [0.4, 0.5) is 10.5 Å². The third kappa shape index (κ3) is 5.02. The molecule has 35 heavy (non-hydrogen) atoms. The van der Waals surface area contributed by atoms with Gasteiger partial charge in [0, 0.05) is 19.2 Å². The van der Waals surface area contributed by atoms with Gasteiger partial charge in [-0.3, -0.25) is 14.4 Å². The van der Waals surface area contributed by atoms with Crippen molar-refractivity contribution in [2.75, 3.05) is 17.9 Å². The smallest absolute Gasteiger partial charge is 0.339 e.